The molecule has 5 heteroatoms. The predicted molar refractivity (Wildman–Crippen MR) is 82.7 cm³/mol. The Kier molecular flexibility index (Phi) is 3.08. The number of anilines is 1. The van der Waals surface area contributed by atoms with Gasteiger partial charge in [0.05, 0.1) is 14.2 Å². The van der Waals surface area contributed by atoms with E-state index in [0.29, 0.717) is 28.6 Å². The van der Waals surface area contributed by atoms with Crippen LogP contribution in [0.25, 0.3) is 11.1 Å². The number of hydrogen-bond acceptors (Lipinski definition) is 4. The number of aromatic amines is 1. The summed E-state index contributed by atoms with van der Waals surface area (Å²) < 4.78 is 10.7. The van der Waals surface area contributed by atoms with Crippen molar-refractivity contribution < 1.29 is 9.47 Å². The van der Waals surface area contributed by atoms with E-state index in [0.717, 1.165) is 23.2 Å². The molecule has 0 amide bonds. The maximum absolute atomic E-state index is 6.08. The van der Waals surface area contributed by atoms with E-state index in [2.05, 4.69) is 24.0 Å². The fraction of sp³-hybridized carbons (Fsp3) is 0.438. The number of ether oxygens (including phenoxy) is 2. The Balaban J connectivity index is 2.07. The Bertz CT molecular complexity index is 676. The number of nitrogen functional groups attached to an aromatic ring is 1. The zero-order chi connectivity index (χ0) is 15.2. The molecule has 1 unspecified atom stereocenters. The van der Waals surface area contributed by atoms with Crippen LogP contribution in [-0.2, 0) is 0 Å². The van der Waals surface area contributed by atoms with Crippen molar-refractivity contribution in [3.05, 3.63) is 23.9 Å². The van der Waals surface area contributed by atoms with Crippen LogP contribution in [0.15, 0.2) is 18.2 Å². The number of H-pyrrole nitrogens is 1. The first-order valence-electron chi connectivity index (χ1n) is 7.04. The molecule has 1 aromatic heterocycles. The van der Waals surface area contributed by atoms with E-state index in [-0.39, 0.29) is 0 Å². The normalized spacial score (nSPS) is 19.3. The molecule has 5 nitrogen and oxygen atoms in total. The molecule has 1 aliphatic carbocycles. The fourth-order valence-electron chi connectivity index (χ4n) is 2.88. The van der Waals surface area contributed by atoms with Gasteiger partial charge in [0.25, 0.3) is 0 Å². The number of nitrogens with two attached hydrogens (primary N) is 1. The molecular weight excluding hydrogens is 266 g/mol. The van der Waals surface area contributed by atoms with Gasteiger partial charge < -0.3 is 15.2 Å². The molecule has 112 valence electrons. The standard InChI is InChI=1S/C16H21N3O2/c1-16(2)8-10(16)14-13(15(17)19-18-14)9-5-6-11(20-3)12(7-9)21-4/h5-7,10H,8H2,1-4H3,(H3,17,18,19). The third-order valence-electron chi connectivity index (χ3n) is 4.36. The van der Waals surface area contributed by atoms with E-state index >= 15 is 0 Å². The van der Waals surface area contributed by atoms with Gasteiger partial charge in [-0.1, -0.05) is 19.9 Å². The minimum absolute atomic E-state index is 0.310. The molecule has 3 rings (SSSR count). The quantitative estimate of drug-likeness (QED) is 0.905. The summed E-state index contributed by atoms with van der Waals surface area (Å²) in [6.07, 6.45) is 1.15. The van der Waals surface area contributed by atoms with E-state index in [1.54, 1.807) is 14.2 Å². The zero-order valence-electron chi connectivity index (χ0n) is 12.9. The van der Waals surface area contributed by atoms with Crippen molar-refractivity contribution in [1.29, 1.82) is 0 Å². The van der Waals surface area contributed by atoms with Gasteiger partial charge in [-0.2, -0.15) is 5.10 Å². The molecule has 0 radical (unpaired) electrons. The fourth-order valence-corrected chi connectivity index (χ4v) is 2.88. The van der Waals surface area contributed by atoms with Gasteiger partial charge >= 0.3 is 0 Å². The highest BCUT2D eigenvalue weighted by Gasteiger charge is 2.49. The van der Waals surface area contributed by atoms with Gasteiger partial charge in [-0.15, -0.1) is 0 Å². The van der Waals surface area contributed by atoms with E-state index in [9.17, 15) is 0 Å². The SMILES string of the molecule is COc1ccc(-c2c(N)n[nH]c2C2CC2(C)C)cc1OC. The van der Waals surface area contributed by atoms with Crippen LogP contribution >= 0.6 is 0 Å². The smallest absolute Gasteiger partial charge is 0.161 e. The first-order chi connectivity index (χ1) is 9.97. The maximum Gasteiger partial charge on any atom is 0.161 e. The zero-order valence-corrected chi connectivity index (χ0v) is 12.9. The molecular formula is C16H21N3O2. The van der Waals surface area contributed by atoms with E-state index in [1.807, 2.05) is 18.2 Å². The van der Waals surface area contributed by atoms with E-state index < -0.39 is 0 Å². The summed E-state index contributed by atoms with van der Waals surface area (Å²) in [5, 5.41) is 7.31. The van der Waals surface area contributed by atoms with Gasteiger partial charge in [0.2, 0.25) is 0 Å². The molecule has 3 N–H and O–H groups in total. The van der Waals surface area contributed by atoms with E-state index in [4.69, 9.17) is 15.2 Å². The number of methoxy groups -OCH3 is 2. The number of nitrogens with one attached hydrogen (secondary N) is 1. The van der Waals surface area contributed by atoms with Gasteiger partial charge in [0.1, 0.15) is 0 Å². The molecule has 1 aromatic carbocycles. The first-order valence-corrected chi connectivity index (χ1v) is 7.04. The van der Waals surface area contributed by atoms with Gasteiger partial charge in [0, 0.05) is 17.2 Å². The topological polar surface area (TPSA) is 73.2 Å². The minimum Gasteiger partial charge on any atom is -0.493 e. The Morgan fingerprint density at radius 2 is 1.90 bits per heavy atom. The van der Waals surface area contributed by atoms with Crippen molar-refractivity contribution in [2.24, 2.45) is 5.41 Å². The van der Waals surface area contributed by atoms with Crippen LogP contribution < -0.4 is 15.2 Å². The van der Waals surface area contributed by atoms with Crippen molar-refractivity contribution in [1.82, 2.24) is 10.2 Å². The van der Waals surface area contributed by atoms with Crippen molar-refractivity contribution in [2.75, 3.05) is 20.0 Å². The highest BCUT2D eigenvalue weighted by Crippen LogP contribution is 2.60. The van der Waals surface area contributed by atoms with Crippen LogP contribution in [0.3, 0.4) is 0 Å². The Hall–Kier alpha value is -2.17. The molecule has 21 heavy (non-hydrogen) atoms. The highest BCUT2D eigenvalue weighted by molar-refractivity contribution is 5.79. The Labute approximate surface area is 124 Å². The lowest BCUT2D eigenvalue weighted by atomic mass is 9.99. The Morgan fingerprint density at radius 1 is 1.24 bits per heavy atom. The lowest BCUT2D eigenvalue weighted by Crippen LogP contribution is -1.95. The minimum atomic E-state index is 0.310. The van der Waals surface area contributed by atoms with Crippen LogP contribution in [0.1, 0.15) is 31.9 Å². The molecule has 0 aliphatic heterocycles. The summed E-state index contributed by atoms with van der Waals surface area (Å²) in [4.78, 5) is 0. The second-order valence-electron chi connectivity index (χ2n) is 6.21. The second kappa shape index (κ2) is 4.69. The number of hydrogen-bond donors (Lipinski definition) is 2. The monoisotopic (exact) mass is 287 g/mol. The summed E-state index contributed by atoms with van der Waals surface area (Å²) in [6.45, 7) is 4.51. The average molecular weight is 287 g/mol. The molecule has 1 fully saturated rings. The van der Waals surface area contributed by atoms with Crippen molar-refractivity contribution in [2.45, 2.75) is 26.2 Å². The lowest BCUT2D eigenvalue weighted by molar-refractivity contribution is 0.355. The van der Waals surface area contributed by atoms with Crippen LogP contribution in [0.2, 0.25) is 0 Å². The summed E-state index contributed by atoms with van der Waals surface area (Å²) in [7, 11) is 3.26. The maximum atomic E-state index is 6.08. The van der Waals surface area contributed by atoms with Crippen molar-refractivity contribution in [3.63, 3.8) is 0 Å². The molecule has 1 aliphatic rings. The Morgan fingerprint density at radius 3 is 2.48 bits per heavy atom. The largest absolute Gasteiger partial charge is 0.493 e. The highest BCUT2D eigenvalue weighted by atomic mass is 16.5. The van der Waals surface area contributed by atoms with Gasteiger partial charge in [-0.05, 0) is 29.5 Å². The van der Waals surface area contributed by atoms with Crippen LogP contribution in [0.5, 0.6) is 11.5 Å². The van der Waals surface area contributed by atoms with Crippen molar-refractivity contribution >= 4 is 5.82 Å². The van der Waals surface area contributed by atoms with Crippen LogP contribution in [0, 0.1) is 5.41 Å². The number of nitrogens with zero attached hydrogens (tertiary/aromatic N) is 1. The van der Waals surface area contributed by atoms with E-state index in [1.165, 1.54) is 0 Å². The summed E-state index contributed by atoms with van der Waals surface area (Å²) in [5.74, 6) is 2.40. The molecule has 0 spiro atoms. The molecule has 1 heterocycles. The second-order valence-corrected chi connectivity index (χ2v) is 6.21. The molecule has 0 saturated heterocycles. The third kappa shape index (κ3) is 2.22. The summed E-state index contributed by atoms with van der Waals surface area (Å²) in [5.41, 5.74) is 9.48. The number of benzene rings is 1. The summed E-state index contributed by atoms with van der Waals surface area (Å²) in [6, 6.07) is 5.82. The van der Waals surface area contributed by atoms with Gasteiger partial charge in [0.15, 0.2) is 17.3 Å². The third-order valence-corrected chi connectivity index (χ3v) is 4.36. The molecule has 1 atom stereocenters. The van der Waals surface area contributed by atoms with Crippen LogP contribution in [-0.4, -0.2) is 24.4 Å². The summed E-state index contributed by atoms with van der Waals surface area (Å²) >= 11 is 0. The van der Waals surface area contributed by atoms with Gasteiger partial charge in [-0.3, -0.25) is 5.10 Å². The predicted octanol–water partition coefficient (Wildman–Crippen LogP) is 3.19. The molecule has 2 aromatic rings. The van der Waals surface area contributed by atoms with Crippen molar-refractivity contribution in [3.8, 4) is 22.6 Å². The molecule has 1 saturated carbocycles. The van der Waals surface area contributed by atoms with Gasteiger partial charge in [-0.25, -0.2) is 0 Å². The lowest BCUT2D eigenvalue weighted by Gasteiger charge is -2.11. The number of aromatic nitrogens is 2. The number of rotatable bonds is 4. The first kappa shape index (κ1) is 13.8. The average Bonchev–Trinajstić information content (AvgIpc) is 2.92. The molecule has 0 bridgehead atoms. The van der Waals surface area contributed by atoms with Crippen LogP contribution in [0.4, 0.5) is 5.82 Å².